The summed E-state index contributed by atoms with van der Waals surface area (Å²) in [5, 5.41) is 0.767. The second-order valence-corrected chi connectivity index (χ2v) is 11.4. The van der Waals surface area contributed by atoms with Gasteiger partial charge in [0.2, 0.25) is 0 Å². The zero-order valence-electron chi connectivity index (χ0n) is 14.1. The Bertz CT molecular complexity index is 333. The van der Waals surface area contributed by atoms with Crippen LogP contribution in [0.3, 0.4) is 0 Å². The van der Waals surface area contributed by atoms with Crippen LogP contribution in [0.1, 0.15) is 58.3 Å². The van der Waals surface area contributed by atoms with Gasteiger partial charge in [-0.15, -0.1) is 5.73 Å². The summed E-state index contributed by atoms with van der Waals surface area (Å²) in [5.74, 6) is -0.208. The number of hydrogen-bond acceptors (Lipinski definition) is 2. The number of carbonyl (C=O) groups is 1. The highest BCUT2D eigenvalue weighted by Gasteiger charge is 2.26. The molecule has 0 saturated heterocycles. The highest BCUT2D eigenvalue weighted by atomic mass is 28.3. The van der Waals surface area contributed by atoms with Crippen LogP contribution in [-0.2, 0) is 9.53 Å². The van der Waals surface area contributed by atoms with E-state index in [4.69, 9.17) is 4.74 Å². The number of unbranched alkanes of at least 4 members (excludes halogenated alkanes) is 7. The van der Waals surface area contributed by atoms with Crippen LogP contribution in [0.5, 0.6) is 0 Å². The predicted octanol–water partition coefficient (Wildman–Crippen LogP) is 5.26. The van der Waals surface area contributed by atoms with Crippen molar-refractivity contribution in [3.05, 3.63) is 17.0 Å². The molecular weight excluding hydrogens is 264 g/mol. The molecule has 2 nitrogen and oxygen atoms in total. The molecule has 0 aliphatic heterocycles. The van der Waals surface area contributed by atoms with Gasteiger partial charge in [0, 0.05) is 0 Å². The third-order valence-electron chi connectivity index (χ3n) is 3.34. The van der Waals surface area contributed by atoms with Crippen LogP contribution >= 0.6 is 0 Å². The average molecular weight is 297 g/mol. The van der Waals surface area contributed by atoms with E-state index in [1.54, 1.807) is 0 Å². The Morgan fingerprint density at radius 3 is 2.10 bits per heavy atom. The lowest BCUT2D eigenvalue weighted by molar-refractivity contribution is -0.135. The second-order valence-electron chi connectivity index (χ2n) is 6.38. The Kier molecular flexibility index (Phi) is 10.5. The Balaban J connectivity index is 4.10. The normalized spacial score (nSPS) is 10.8. The van der Waals surface area contributed by atoms with Gasteiger partial charge in [-0.2, -0.15) is 0 Å². The Morgan fingerprint density at radius 1 is 1.05 bits per heavy atom. The monoisotopic (exact) mass is 296 g/mol. The first-order valence-corrected chi connectivity index (χ1v) is 11.5. The van der Waals surface area contributed by atoms with Gasteiger partial charge in [-0.3, -0.25) is 0 Å². The topological polar surface area (TPSA) is 26.3 Å². The van der Waals surface area contributed by atoms with E-state index in [9.17, 15) is 4.79 Å². The van der Waals surface area contributed by atoms with Crippen molar-refractivity contribution in [1.82, 2.24) is 0 Å². The Morgan fingerprint density at radius 2 is 1.60 bits per heavy atom. The number of ether oxygens (including phenoxy) is 1. The van der Waals surface area contributed by atoms with Crippen LogP contribution in [0, 0.1) is 0 Å². The van der Waals surface area contributed by atoms with Gasteiger partial charge in [0.1, 0.15) is 0 Å². The summed E-state index contributed by atoms with van der Waals surface area (Å²) in [5.41, 5.74) is 3.20. The highest BCUT2D eigenvalue weighted by Crippen LogP contribution is 2.15. The first-order chi connectivity index (χ1) is 9.43. The van der Waals surface area contributed by atoms with E-state index < -0.39 is 8.07 Å². The number of rotatable bonds is 10. The quantitative estimate of drug-likeness (QED) is 0.181. The lowest BCUT2D eigenvalue weighted by atomic mass is 10.1. The van der Waals surface area contributed by atoms with Gasteiger partial charge >= 0.3 is 5.97 Å². The molecule has 3 heteroatoms. The zero-order chi connectivity index (χ0) is 15.4. The van der Waals surface area contributed by atoms with Crippen LogP contribution in [0.4, 0.5) is 0 Å². The van der Waals surface area contributed by atoms with Crippen molar-refractivity contribution in [2.45, 2.75) is 77.9 Å². The molecule has 0 rings (SSSR count). The molecule has 0 N–H and O–H groups in total. The predicted molar refractivity (Wildman–Crippen MR) is 89.6 cm³/mol. The molecule has 116 valence electrons. The van der Waals surface area contributed by atoms with E-state index in [0.717, 1.165) is 11.6 Å². The molecule has 0 unspecified atom stereocenters. The molecule has 0 amide bonds. The summed E-state index contributed by atoms with van der Waals surface area (Å²) in [6.07, 6.45) is 12.2. The first-order valence-electron chi connectivity index (χ1n) is 7.97. The largest absolute Gasteiger partial charge is 0.465 e. The third-order valence-corrected chi connectivity index (χ3v) is 5.19. The van der Waals surface area contributed by atoms with Crippen LogP contribution in [0.15, 0.2) is 17.0 Å². The summed E-state index contributed by atoms with van der Waals surface area (Å²) in [6, 6.07) is 0. The summed E-state index contributed by atoms with van der Waals surface area (Å²) >= 11 is 0. The standard InChI is InChI=1S/C17H32O2Si/c1-6-7-8-9-10-11-12-13-14-15-16(17(18)19-2)20(3,4)5/h14H,6-13H2,1-5H3. The van der Waals surface area contributed by atoms with Crippen LogP contribution in [-0.4, -0.2) is 21.2 Å². The van der Waals surface area contributed by atoms with Crippen molar-refractivity contribution in [2.24, 2.45) is 0 Å². The van der Waals surface area contributed by atoms with E-state index in [2.05, 4.69) is 32.3 Å². The molecule has 0 saturated carbocycles. The van der Waals surface area contributed by atoms with Gasteiger partial charge in [0.05, 0.1) is 20.4 Å². The maximum Gasteiger partial charge on any atom is 0.337 e. The van der Waals surface area contributed by atoms with Crippen molar-refractivity contribution in [3.8, 4) is 0 Å². The number of methoxy groups -OCH3 is 1. The molecule has 0 heterocycles. The minimum Gasteiger partial charge on any atom is -0.465 e. The average Bonchev–Trinajstić information content (AvgIpc) is 2.39. The van der Waals surface area contributed by atoms with Crippen LogP contribution < -0.4 is 0 Å². The van der Waals surface area contributed by atoms with Gasteiger partial charge in [-0.25, -0.2) is 4.79 Å². The van der Waals surface area contributed by atoms with Crippen molar-refractivity contribution >= 4 is 14.0 Å². The van der Waals surface area contributed by atoms with Gasteiger partial charge in [0.15, 0.2) is 0 Å². The van der Waals surface area contributed by atoms with Crippen molar-refractivity contribution < 1.29 is 9.53 Å². The molecule has 0 radical (unpaired) electrons. The molecule has 20 heavy (non-hydrogen) atoms. The van der Waals surface area contributed by atoms with E-state index >= 15 is 0 Å². The summed E-state index contributed by atoms with van der Waals surface area (Å²) in [7, 11) is -0.216. The summed E-state index contributed by atoms with van der Waals surface area (Å²) in [4.78, 5) is 11.7. The van der Waals surface area contributed by atoms with Gasteiger partial charge in [-0.1, -0.05) is 65.1 Å². The fourth-order valence-electron chi connectivity index (χ4n) is 2.06. The van der Waals surface area contributed by atoms with Gasteiger partial charge in [-0.05, 0) is 18.9 Å². The minimum atomic E-state index is -1.66. The number of hydrogen-bond donors (Lipinski definition) is 0. The van der Waals surface area contributed by atoms with Crippen molar-refractivity contribution in [3.63, 3.8) is 0 Å². The fourth-order valence-corrected chi connectivity index (χ4v) is 3.31. The molecule has 0 bridgehead atoms. The molecule has 0 aliphatic rings. The second kappa shape index (κ2) is 10.9. The molecule has 0 atom stereocenters. The highest BCUT2D eigenvalue weighted by molar-refractivity contribution is 6.86. The van der Waals surface area contributed by atoms with Crippen molar-refractivity contribution in [1.29, 1.82) is 0 Å². The molecule has 0 aromatic heterocycles. The maximum absolute atomic E-state index is 11.7. The Hall–Kier alpha value is -0.793. The van der Waals surface area contributed by atoms with E-state index in [1.807, 2.05) is 6.08 Å². The SMILES string of the molecule is CCCCCCCCCC=C=C(C(=O)OC)[Si](C)(C)C. The molecule has 0 aromatic carbocycles. The third kappa shape index (κ3) is 9.16. The molecule has 0 aliphatic carbocycles. The number of carbonyl (C=O) groups excluding carboxylic acids is 1. The van der Waals surface area contributed by atoms with Crippen LogP contribution in [0.25, 0.3) is 0 Å². The van der Waals surface area contributed by atoms with Gasteiger partial charge in [0.25, 0.3) is 0 Å². The summed E-state index contributed by atoms with van der Waals surface area (Å²) < 4.78 is 4.85. The first kappa shape index (κ1) is 19.2. The maximum atomic E-state index is 11.7. The van der Waals surface area contributed by atoms with E-state index in [1.165, 1.54) is 52.1 Å². The molecular formula is C17H32O2Si. The van der Waals surface area contributed by atoms with E-state index in [-0.39, 0.29) is 5.97 Å². The lowest BCUT2D eigenvalue weighted by Gasteiger charge is -2.15. The zero-order valence-corrected chi connectivity index (χ0v) is 15.1. The fraction of sp³-hybridized carbons (Fsp3) is 0.765. The lowest BCUT2D eigenvalue weighted by Crippen LogP contribution is -2.29. The van der Waals surface area contributed by atoms with Gasteiger partial charge < -0.3 is 4.74 Å². The van der Waals surface area contributed by atoms with E-state index in [0.29, 0.717) is 0 Å². The van der Waals surface area contributed by atoms with Crippen LogP contribution in [0.2, 0.25) is 19.6 Å². The molecule has 0 spiro atoms. The van der Waals surface area contributed by atoms with Crippen molar-refractivity contribution in [2.75, 3.05) is 7.11 Å². The minimum absolute atomic E-state index is 0.208. The molecule has 0 fully saturated rings. The summed E-state index contributed by atoms with van der Waals surface area (Å²) in [6.45, 7) is 8.68. The number of esters is 1. The Labute approximate surface area is 126 Å². The smallest absolute Gasteiger partial charge is 0.337 e. The molecule has 0 aromatic rings.